The summed E-state index contributed by atoms with van der Waals surface area (Å²) in [5.41, 5.74) is 2.90. The van der Waals surface area contributed by atoms with Crippen molar-refractivity contribution in [1.29, 1.82) is 0 Å². The van der Waals surface area contributed by atoms with Crippen molar-refractivity contribution < 1.29 is 9.53 Å². The van der Waals surface area contributed by atoms with Crippen molar-refractivity contribution in [1.82, 2.24) is 0 Å². The van der Waals surface area contributed by atoms with Crippen LogP contribution in [0.25, 0.3) is 6.08 Å². The van der Waals surface area contributed by atoms with E-state index in [4.69, 9.17) is 4.74 Å². The molecule has 0 saturated heterocycles. The van der Waals surface area contributed by atoms with E-state index in [0.29, 0.717) is 11.5 Å². The number of para-hydroxylation sites is 1. The first-order chi connectivity index (χ1) is 13.2. The average molecular weight is 356 g/mol. The Morgan fingerprint density at radius 1 is 0.926 bits per heavy atom. The van der Waals surface area contributed by atoms with Gasteiger partial charge in [0.15, 0.2) is 5.78 Å². The van der Waals surface area contributed by atoms with Gasteiger partial charge in [-0.1, -0.05) is 74.5 Å². The van der Waals surface area contributed by atoms with Gasteiger partial charge in [-0.2, -0.15) is 0 Å². The number of carbonyl (C=O) groups is 1. The Morgan fingerprint density at radius 3 is 2.33 bits per heavy atom. The molecule has 0 bridgehead atoms. The highest BCUT2D eigenvalue weighted by Crippen LogP contribution is 2.23. The first kappa shape index (κ1) is 18.7. The standard InChI is InChI=1S/C25H24O2/c1-3-19(2)21-13-15-22(16-14-21)25(26)17-12-20-8-7-11-24(18-20)27-23-9-5-4-6-10-23/h4-19H,3H2,1-2H3/b17-12+. The zero-order valence-electron chi connectivity index (χ0n) is 15.8. The second-order valence-corrected chi connectivity index (χ2v) is 6.62. The van der Waals surface area contributed by atoms with Gasteiger partial charge in [-0.15, -0.1) is 0 Å². The zero-order chi connectivity index (χ0) is 19.1. The van der Waals surface area contributed by atoms with Crippen LogP contribution < -0.4 is 4.74 Å². The summed E-state index contributed by atoms with van der Waals surface area (Å²) in [4.78, 5) is 12.4. The Kier molecular flexibility index (Phi) is 6.22. The van der Waals surface area contributed by atoms with E-state index in [1.807, 2.05) is 84.9 Å². The maximum absolute atomic E-state index is 12.4. The van der Waals surface area contributed by atoms with E-state index in [-0.39, 0.29) is 5.78 Å². The van der Waals surface area contributed by atoms with Gasteiger partial charge in [0.2, 0.25) is 0 Å². The molecule has 0 fully saturated rings. The van der Waals surface area contributed by atoms with E-state index >= 15 is 0 Å². The molecule has 3 aromatic carbocycles. The number of ether oxygens (including phenoxy) is 1. The Hall–Kier alpha value is -3.13. The molecular weight excluding hydrogens is 332 g/mol. The molecule has 136 valence electrons. The number of rotatable bonds is 7. The van der Waals surface area contributed by atoms with Gasteiger partial charge < -0.3 is 4.74 Å². The highest BCUT2D eigenvalue weighted by molar-refractivity contribution is 6.06. The van der Waals surface area contributed by atoms with E-state index < -0.39 is 0 Å². The first-order valence-electron chi connectivity index (χ1n) is 9.31. The highest BCUT2D eigenvalue weighted by atomic mass is 16.5. The largest absolute Gasteiger partial charge is 0.457 e. The minimum Gasteiger partial charge on any atom is -0.457 e. The van der Waals surface area contributed by atoms with Crippen LogP contribution in [0.15, 0.2) is 84.9 Å². The lowest BCUT2D eigenvalue weighted by atomic mass is 9.97. The fraction of sp³-hybridized carbons (Fsp3) is 0.160. The smallest absolute Gasteiger partial charge is 0.185 e. The van der Waals surface area contributed by atoms with Crippen molar-refractivity contribution in [2.24, 2.45) is 0 Å². The van der Waals surface area contributed by atoms with Crippen LogP contribution >= 0.6 is 0 Å². The van der Waals surface area contributed by atoms with Crippen molar-refractivity contribution in [2.45, 2.75) is 26.2 Å². The summed E-state index contributed by atoms with van der Waals surface area (Å²) in [7, 11) is 0. The summed E-state index contributed by atoms with van der Waals surface area (Å²) in [5.74, 6) is 2.04. The number of benzene rings is 3. The van der Waals surface area contributed by atoms with Crippen LogP contribution in [0.2, 0.25) is 0 Å². The third kappa shape index (κ3) is 5.18. The first-order valence-corrected chi connectivity index (χ1v) is 9.31. The van der Waals surface area contributed by atoms with E-state index in [9.17, 15) is 4.79 Å². The van der Waals surface area contributed by atoms with Gasteiger partial charge in [-0.25, -0.2) is 0 Å². The summed E-state index contributed by atoms with van der Waals surface area (Å²) in [5, 5.41) is 0. The lowest BCUT2D eigenvalue weighted by Crippen LogP contribution is -1.96. The predicted molar refractivity (Wildman–Crippen MR) is 111 cm³/mol. The maximum atomic E-state index is 12.4. The molecule has 0 radical (unpaired) electrons. The molecule has 0 amide bonds. The van der Waals surface area contributed by atoms with Gasteiger partial charge >= 0.3 is 0 Å². The maximum Gasteiger partial charge on any atom is 0.185 e. The zero-order valence-corrected chi connectivity index (χ0v) is 15.8. The van der Waals surface area contributed by atoms with Crippen molar-refractivity contribution in [3.8, 4) is 11.5 Å². The van der Waals surface area contributed by atoms with Crippen LogP contribution in [0.5, 0.6) is 11.5 Å². The van der Waals surface area contributed by atoms with Crippen LogP contribution in [0, 0.1) is 0 Å². The summed E-state index contributed by atoms with van der Waals surface area (Å²) >= 11 is 0. The van der Waals surface area contributed by atoms with Crippen LogP contribution in [-0.2, 0) is 0 Å². The fourth-order valence-electron chi connectivity index (χ4n) is 2.79. The summed E-state index contributed by atoms with van der Waals surface area (Å²) in [6.07, 6.45) is 4.53. The topological polar surface area (TPSA) is 26.3 Å². The molecular formula is C25H24O2. The molecule has 27 heavy (non-hydrogen) atoms. The van der Waals surface area contributed by atoms with Crippen LogP contribution in [-0.4, -0.2) is 5.78 Å². The predicted octanol–water partition coefficient (Wildman–Crippen LogP) is 6.89. The van der Waals surface area contributed by atoms with Crippen LogP contribution in [0.1, 0.15) is 47.7 Å². The molecule has 2 nitrogen and oxygen atoms in total. The molecule has 0 aliphatic rings. The summed E-state index contributed by atoms with van der Waals surface area (Å²) in [6.45, 7) is 4.36. The molecule has 0 N–H and O–H groups in total. The van der Waals surface area contributed by atoms with Crippen molar-refractivity contribution in [2.75, 3.05) is 0 Å². The molecule has 1 atom stereocenters. The molecule has 0 aliphatic heterocycles. The van der Waals surface area contributed by atoms with Crippen molar-refractivity contribution >= 4 is 11.9 Å². The average Bonchev–Trinajstić information content (AvgIpc) is 2.72. The monoisotopic (exact) mass is 356 g/mol. The van der Waals surface area contributed by atoms with E-state index in [0.717, 1.165) is 23.5 Å². The van der Waals surface area contributed by atoms with Gasteiger partial charge in [0.1, 0.15) is 11.5 Å². The Bertz CT molecular complexity index is 909. The molecule has 0 aliphatic carbocycles. The lowest BCUT2D eigenvalue weighted by molar-refractivity contribution is 0.104. The highest BCUT2D eigenvalue weighted by Gasteiger charge is 2.05. The van der Waals surface area contributed by atoms with E-state index in [2.05, 4.69) is 13.8 Å². The van der Waals surface area contributed by atoms with Gasteiger partial charge in [0.05, 0.1) is 0 Å². The number of hydrogen-bond acceptors (Lipinski definition) is 2. The second kappa shape index (κ2) is 9.00. The minimum absolute atomic E-state index is 0.0000762. The molecule has 3 aromatic rings. The van der Waals surface area contributed by atoms with E-state index in [1.54, 1.807) is 6.08 Å². The van der Waals surface area contributed by atoms with Crippen LogP contribution in [0.4, 0.5) is 0 Å². The van der Waals surface area contributed by atoms with Crippen LogP contribution in [0.3, 0.4) is 0 Å². The van der Waals surface area contributed by atoms with Gasteiger partial charge in [0.25, 0.3) is 0 Å². The minimum atomic E-state index is 0.0000762. The molecule has 1 unspecified atom stereocenters. The fourth-order valence-corrected chi connectivity index (χ4v) is 2.79. The quantitative estimate of drug-likeness (QED) is 0.340. The molecule has 3 rings (SSSR count). The molecule has 0 heterocycles. The Balaban J connectivity index is 1.68. The van der Waals surface area contributed by atoms with Gasteiger partial charge in [-0.3, -0.25) is 4.79 Å². The summed E-state index contributed by atoms with van der Waals surface area (Å²) < 4.78 is 5.84. The molecule has 0 aromatic heterocycles. The van der Waals surface area contributed by atoms with Crippen molar-refractivity contribution in [3.63, 3.8) is 0 Å². The lowest BCUT2D eigenvalue weighted by Gasteiger charge is -2.08. The number of carbonyl (C=O) groups excluding carboxylic acids is 1. The van der Waals surface area contributed by atoms with Gasteiger partial charge in [0, 0.05) is 5.56 Å². The summed E-state index contributed by atoms with van der Waals surface area (Å²) in [6, 6.07) is 25.2. The number of ketones is 1. The molecule has 0 saturated carbocycles. The SMILES string of the molecule is CCC(C)c1ccc(C(=O)/C=C/c2cccc(Oc3ccccc3)c2)cc1. The van der Waals surface area contributed by atoms with Crippen molar-refractivity contribution in [3.05, 3.63) is 102 Å². The Morgan fingerprint density at radius 2 is 1.63 bits per heavy atom. The third-order valence-electron chi connectivity index (χ3n) is 4.64. The second-order valence-electron chi connectivity index (χ2n) is 6.62. The van der Waals surface area contributed by atoms with E-state index in [1.165, 1.54) is 5.56 Å². The number of hydrogen-bond donors (Lipinski definition) is 0. The molecule has 0 spiro atoms. The number of allylic oxidation sites excluding steroid dienone is 1. The molecule has 2 heteroatoms. The van der Waals surface area contributed by atoms with Gasteiger partial charge in [-0.05, 0) is 53.8 Å². The Labute approximate surface area is 161 Å². The normalized spacial score (nSPS) is 12.1. The third-order valence-corrected chi connectivity index (χ3v) is 4.64.